The summed E-state index contributed by atoms with van der Waals surface area (Å²) in [6.07, 6.45) is -3.72. The van der Waals surface area contributed by atoms with Crippen LogP contribution in [0.1, 0.15) is 5.56 Å². The summed E-state index contributed by atoms with van der Waals surface area (Å²) >= 11 is 0. The average Bonchev–Trinajstić information content (AvgIpc) is 2.01. The molecule has 0 spiro atoms. The first-order valence-corrected chi connectivity index (χ1v) is 3.53. The standard InChI is InChI=1S/C7H5F3N2O2/c8-7(9,10)2-5-1-6(12(13)14)4-11-3-5/h1,3-4H,2H2. The number of halogens is 3. The molecule has 1 heterocycles. The molecule has 1 rings (SSSR count). The van der Waals surface area contributed by atoms with Crippen LogP contribution in [0.5, 0.6) is 0 Å². The molecule has 76 valence electrons. The first-order valence-electron chi connectivity index (χ1n) is 3.53. The van der Waals surface area contributed by atoms with Crippen LogP contribution < -0.4 is 0 Å². The van der Waals surface area contributed by atoms with Gasteiger partial charge in [-0.3, -0.25) is 15.1 Å². The third-order valence-corrected chi connectivity index (χ3v) is 1.40. The van der Waals surface area contributed by atoms with Crippen molar-refractivity contribution in [1.29, 1.82) is 0 Å². The zero-order valence-electron chi connectivity index (χ0n) is 6.78. The SMILES string of the molecule is O=[N+]([O-])c1cncc(CC(F)(F)F)c1. The second-order valence-electron chi connectivity index (χ2n) is 2.60. The molecule has 0 N–H and O–H groups in total. The van der Waals surface area contributed by atoms with Gasteiger partial charge in [0, 0.05) is 12.3 Å². The maximum Gasteiger partial charge on any atom is 0.393 e. The van der Waals surface area contributed by atoms with Crippen LogP contribution in [0, 0.1) is 10.1 Å². The Bertz CT molecular complexity index is 351. The Morgan fingerprint density at radius 1 is 1.43 bits per heavy atom. The number of nitrogens with zero attached hydrogens (tertiary/aromatic N) is 2. The zero-order chi connectivity index (χ0) is 10.8. The van der Waals surface area contributed by atoms with Crippen molar-refractivity contribution < 1.29 is 18.1 Å². The molecule has 0 radical (unpaired) electrons. The van der Waals surface area contributed by atoms with Gasteiger partial charge in [-0.25, -0.2) is 0 Å². The van der Waals surface area contributed by atoms with Crippen LogP contribution in [-0.2, 0) is 6.42 Å². The van der Waals surface area contributed by atoms with Gasteiger partial charge in [-0.05, 0) is 5.56 Å². The lowest BCUT2D eigenvalue weighted by Crippen LogP contribution is -2.11. The normalized spacial score (nSPS) is 11.4. The van der Waals surface area contributed by atoms with Gasteiger partial charge >= 0.3 is 6.18 Å². The molecule has 0 unspecified atom stereocenters. The van der Waals surface area contributed by atoms with Crippen LogP contribution >= 0.6 is 0 Å². The third-order valence-electron chi connectivity index (χ3n) is 1.40. The summed E-state index contributed by atoms with van der Waals surface area (Å²) in [5.41, 5.74) is -0.654. The van der Waals surface area contributed by atoms with Crippen molar-refractivity contribution in [2.75, 3.05) is 0 Å². The predicted octanol–water partition coefficient (Wildman–Crippen LogP) is 2.09. The van der Waals surface area contributed by atoms with Crippen LogP contribution in [0.15, 0.2) is 18.5 Å². The lowest BCUT2D eigenvalue weighted by molar-refractivity contribution is -0.385. The summed E-state index contributed by atoms with van der Waals surface area (Å²) in [7, 11) is 0. The topological polar surface area (TPSA) is 56.0 Å². The van der Waals surface area contributed by atoms with Gasteiger partial charge < -0.3 is 0 Å². The predicted molar refractivity (Wildman–Crippen MR) is 40.7 cm³/mol. The Morgan fingerprint density at radius 3 is 2.57 bits per heavy atom. The van der Waals surface area contributed by atoms with Crippen molar-refractivity contribution >= 4 is 5.69 Å². The van der Waals surface area contributed by atoms with Crippen LogP contribution in [0.4, 0.5) is 18.9 Å². The largest absolute Gasteiger partial charge is 0.393 e. The monoisotopic (exact) mass is 206 g/mol. The van der Waals surface area contributed by atoms with Gasteiger partial charge in [0.15, 0.2) is 0 Å². The molecule has 0 aromatic carbocycles. The molecule has 0 bridgehead atoms. The van der Waals surface area contributed by atoms with Gasteiger partial charge in [-0.15, -0.1) is 0 Å². The van der Waals surface area contributed by atoms with Crippen LogP contribution in [0.3, 0.4) is 0 Å². The highest BCUT2D eigenvalue weighted by Crippen LogP contribution is 2.22. The summed E-state index contributed by atoms with van der Waals surface area (Å²) < 4.78 is 35.6. The van der Waals surface area contributed by atoms with Crippen molar-refractivity contribution in [2.45, 2.75) is 12.6 Å². The van der Waals surface area contributed by atoms with Crippen LogP contribution in [0.25, 0.3) is 0 Å². The molecular weight excluding hydrogens is 201 g/mol. The second kappa shape index (κ2) is 3.60. The summed E-state index contributed by atoms with van der Waals surface area (Å²) in [6.45, 7) is 0. The van der Waals surface area contributed by atoms with E-state index in [0.717, 1.165) is 18.5 Å². The average molecular weight is 206 g/mol. The Morgan fingerprint density at radius 2 is 2.07 bits per heavy atom. The fourth-order valence-corrected chi connectivity index (χ4v) is 0.902. The fraction of sp³-hybridized carbons (Fsp3) is 0.286. The van der Waals surface area contributed by atoms with Gasteiger partial charge in [-0.2, -0.15) is 13.2 Å². The molecule has 1 aromatic rings. The minimum Gasteiger partial charge on any atom is -0.258 e. The smallest absolute Gasteiger partial charge is 0.258 e. The molecule has 0 atom stereocenters. The van der Waals surface area contributed by atoms with E-state index in [4.69, 9.17) is 0 Å². The Labute approximate surface area is 76.5 Å². The molecule has 1 aromatic heterocycles. The molecule has 14 heavy (non-hydrogen) atoms. The molecule has 0 aliphatic carbocycles. The number of pyridine rings is 1. The van der Waals surface area contributed by atoms with Gasteiger partial charge in [0.05, 0.1) is 11.3 Å². The number of aromatic nitrogens is 1. The quantitative estimate of drug-likeness (QED) is 0.549. The first-order chi connectivity index (χ1) is 6.38. The number of alkyl halides is 3. The van der Waals surface area contributed by atoms with E-state index in [1.54, 1.807) is 0 Å². The third kappa shape index (κ3) is 3.00. The molecule has 0 aliphatic rings. The minimum absolute atomic E-state index is 0.216. The summed E-state index contributed by atoms with van der Waals surface area (Å²) in [4.78, 5) is 12.8. The van der Waals surface area contributed by atoms with Crippen molar-refractivity contribution in [1.82, 2.24) is 4.98 Å². The Kier molecular flexibility index (Phi) is 2.68. The van der Waals surface area contributed by atoms with Crippen molar-refractivity contribution in [3.05, 3.63) is 34.1 Å². The summed E-state index contributed by atoms with van der Waals surface area (Å²) in [6, 6.07) is 0.862. The molecule has 0 fully saturated rings. The number of rotatable bonds is 2. The Balaban J connectivity index is 2.89. The second-order valence-corrected chi connectivity index (χ2v) is 2.60. The van der Waals surface area contributed by atoms with Gasteiger partial charge in [0.1, 0.15) is 6.20 Å². The van der Waals surface area contributed by atoms with E-state index in [1.807, 2.05) is 0 Å². The first kappa shape index (κ1) is 10.4. The molecule has 4 nitrogen and oxygen atoms in total. The van der Waals surface area contributed by atoms with E-state index < -0.39 is 23.2 Å². The maximum absolute atomic E-state index is 11.9. The summed E-state index contributed by atoms with van der Waals surface area (Å²) in [5.74, 6) is 0. The van der Waals surface area contributed by atoms with E-state index in [-0.39, 0.29) is 5.56 Å². The zero-order valence-corrected chi connectivity index (χ0v) is 6.78. The van der Waals surface area contributed by atoms with E-state index in [0.29, 0.717) is 0 Å². The van der Waals surface area contributed by atoms with Gasteiger partial charge in [0.2, 0.25) is 0 Å². The van der Waals surface area contributed by atoms with Gasteiger partial charge in [0.25, 0.3) is 5.69 Å². The summed E-state index contributed by atoms with van der Waals surface area (Å²) in [5, 5.41) is 10.2. The number of nitro groups is 1. The van der Waals surface area contributed by atoms with Crippen molar-refractivity contribution in [3.8, 4) is 0 Å². The molecule has 7 heteroatoms. The van der Waals surface area contributed by atoms with E-state index in [2.05, 4.69) is 4.98 Å². The van der Waals surface area contributed by atoms with Crippen LogP contribution in [0.2, 0.25) is 0 Å². The molecule has 0 amide bonds. The maximum atomic E-state index is 11.9. The van der Waals surface area contributed by atoms with Crippen LogP contribution in [-0.4, -0.2) is 16.1 Å². The fourth-order valence-electron chi connectivity index (χ4n) is 0.902. The highest BCUT2D eigenvalue weighted by atomic mass is 19.4. The number of hydrogen-bond donors (Lipinski definition) is 0. The molecule has 0 saturated carbocycles. The molecule has 0 saturated heterocycles. The highest BCUT2D eigenvalue weighted by molar-refractivity contribution is 5.30. The lowest BCUT2D eigenvalue weighted by Gasteiger charge is -2.04. The van der Waals surface area contributed by atoms with Crippen molar-refractivity contribution in [2.24, 2.45) is 0 Å². The van der Waals surface area contributed by atoms with Crippen molar-refractivity contribution in [3.63, 3.8) is 0 Å². The molecule has 0 aliphatic heterocycles. The number of hydrogen-bond acceptors (Lipinski definition) is 3. The van der Waals surface area contributed by atoms with E-state index in [1.165, 1.54) is 0 Å². The highest BCUT2D eigenvalue weighted by Gasteiger charge is 2.28. The molecular formula is C7H5F3N2O2. The van der Waals surface area contributed by atoms with E-state index in [9.17, 15) is 23.3 Å². The lowest BCUT2D eigenvalue weighted by atomic mass is 10.2. The van der Waals surface area contributed by atoms with E-state index >= 15 is 0 Å². The Hall–Kier alpha value is -1.66. The minimum atomic E-state index is -4.38. The van der Waals surface area contributed by atoms with Gasteiger partial charge in [-0.1, -0.05) is 0 Å².